The number of hydrogen-bond acceptors (Lipinski definition) is 3. The molecule has 0 heterocycles. The number of aryl methyl sites for hydroxylation is 1. The van der Waals surface area contributed by atoms with Gasteiger partial charge in [0.25, 0.3) is 0 Å². The highest BCUT2D eigenvalue weighted by Gasteiger charge is 2.21. The van der Waals surface area contributed by atoms with E-state index in [2.05, 4.69) is 4.72 Å². The molecule has 1 unspecified atom stereocenters. The summed E-state index contributed by atoms with van der Waals surface area (Å²) in [6.45, 7) is 5.77. The third kappa shape index (κ3) is 4.26. The number of hydrogen-bond donors (Lipinski definition) is 2. The monoisotopic (exact) mass is 314 g/mol. The first-order chi connectivity index (χ1) is 9.31. The lowest BCUT2D eigenvalue weighted by atomic mass is 10.1. The normalized spacial score (nSPS) is 13.2. The molecule has 0 aliphatic heterocycles. The molecule has 3 N–H and O–H groups in total. The Morgan fingerprint density at radius 1 is 1.40 bits per heavy atom. The van der Waals surface area contributed by atoms with E-state index < -0.39 is 10.0 Å². The van der Waals surface area contributed by atoms with Crippen LogP contribution in [0.4, 0.5) is 0 Å². The van der Waals surface area contributed by atoms with E-state index in [1.165, 1.54) is 0 Å². The largest absolute Gasteiger partial charge is 0.389 e. The van der Waals surface area contributed by atoms with Crippen molar-refractivity contribution in [3.8, 4) is 0 Å². The van der Waals surface area contributed by atoms with Gasteiger partial charge in [0.15, 0.2) is 0 Å². The van der Waals surface area contributed by atoms with Crippen molar-refractivity contribution < 1.29 is 8.42 Å². The fraction of sp³-hybridized carbons (Fsp3) is 0.500. The maximum Gasteiger partial charge on any atom is 0.241 e. The Labute approximate surface area is 126 Å². The molecule has 0 saturated heterocycles. The average molecular weight is 314 g/mol. The van der Waals surface area contributed by atoms with Gasteiger partial charge in [-0.15, -0.1) is 0 Å². The van der Waals surface area contributed by atoms with Gasteiger partial charge in [0.2, 0.25) is 10.0 Å². The van der Waals surface area contributed by atoms with E-state index in [0.29, 0.717) is 11.1 Å². The van der Waals surface area contributed by atoms with Crippen molar-refractivity contribution in [2.45, 2.75) is 51.0 Å². The van der Waals surface area contributed by atoms with Crippen molar-refractivity contribution in [3.05, 3.63) is 29.3 Å². The molecule has 0 aliphatic rings. The van der Waals surface area contributed by atoms with E-state index >= 15 is 0 Å². The van der Waals surface area contributed by atoms with Crippen molar-refractivity contribution >= 4 is 27.2 Å². The second-order valence-corrected chi connectivity index (χ2v) is 6.98. The van der Waals surface area contributed by atoms with E-state index in [1.54, 1.807) is 25.1 Å². The third-order valence-electron chi connectivity index (χ3n) is 3.21. The van der Waals surface area contributed by atoms with Gasteiger partial charge in [0.1, 0.15) is 4.99 Å². The average Bonchev–Trinajstić information content (AvgIpc) is 2.37. The van der Waals surface area contributed by atoms with Crippen LogP contribution in [-0.4, -0.2) is 19.4 Å². The molecule has 0 radical (unpaired) electrons. The zero-order valence-electron chi connectivity index (χ0n) is 12.1. The summed E-state index contributed by atoms with van der Waals surface area (Å²) in [7, 11) is -3.55. The van der Waals surface area contributed by atoms with E-state index in [-0.39, 0.29) is 15.9 Å². The molecule has 0 spiro atoms. The number of benzene rings is 1. The van der Waals surface area contributed by atoms with Crippen LogP contribution in [0.3, 0.4) is 0 Å². The van der Waals surface area contributed by atoms with Crippen LogP contribution >= 0.6 is 12.2 Å². The molecule has 1 aromatic rings. The van der Waals surface area contributed by atoms with Gasteiger partial charge in [0, 0.05) is 11.6 Å². The van der Waals surface area contributed by atoms with Crippen molar-refractivity contribution in [3.63, 3.8) is 0 Å². The van der Waals surface area contributed by atoms with Crippen LogP contribution < -0.4 is 10.5 Å². The van der Waals surface area contributed by atoms with Crippen LogP contribution in [0.5, 0.6) is 0 Å². The minimum absolute atomic E-state index is 0.0436. The Morgan fingerprint density at radius 2 is 2.05 bits per heavy atom. The Hall–Kier alpha value is -0.980. The molecular weight excluding hydrogens is 292 g/mol. The molecule has 1 atom stereocenters. The topological polar surface area (TPSA) is 72.2 Å². The molecular formula is C14H22N2O2S2. The SMILES string of the molecule is CCCC(CC)NS(=O)(=O)c1cc(C(N)=S)ccc1C. The summed E-state index contributed by atoms with van der Waals surface area (Å²) < 4.78 is 27.7. The van der Waals surface area contributed by atoms with Crippen LogP contribution in [-0.2, 0) is 10.0 Å². The summed E-state index contributed by atoms with van der Waals surface area (Å²) in [5.74, 6) is 0. The summed E-state index contributed by atoms with van der Waals surface area (Å²) in [5, 5.41) is 0. The second-order valence-electron chi connectivity index (χ2n) is 4.86. The fourth-order valence-electron chi connectivity index (χ4n) is 2.02. The Bertz CT molecular complexity index is 583. The Balaban J connectivity index is 3.14. The van der Waals surface area contributed by atoms with Crippen molar-refractivity contribution in [1.82, 2.24) is 4.72 Å². The first kappa shape index (κ1) is 17.1. The van der Waals surface area contributed by atoms with E-state index in [9.17, 15) is 8.42 Å². The Morgan fingerprint density at radius 3 is 2.55 bits per heavy atom. The van der Waals surface area contributed by atoms with Gasteiger partial charge >= 0.3 is 0 Å². The highest BCUT2D eigenvalue weighted by molar-refractivity contribution is 7.89. The van der Waals surface area contributed by atoms with Crippen molar-refractivity contribution in [2.24, 2.45) is 5.73 Å². The van der Waals surface area contributed by atoms with Gasteiger partial charge in [0.05, 0.1) is 4.90 Å². The van der Waals surface area contributed by atoms with Gasteiger partial charge in [-0.2, -0.15) is 0 Å². The van der Waals surface area contributed by atoms with Gasteiger partial charge < -0.3 is 5.73 Å². The van der Waals surface area contributed by atoms with Gasteiger partial charge in [-0.25, -0.2) is 13.1 Å². The predicted octanol–water partition coefficient (Wildman–Crippen LogP) is 2.49. The molecule has 20 heavy (non-hydrogen) atoms. The number of rotatable bonds is 7. The van der Waals surface area contributed by atoms with Crippen molar-refractivity contribution in [2.75, 3.05) is 0 Å². The van der Waals surface area contributed by atoms with E-state index in [0.717, 1.165) is 19.3 Å². The van der Waals surface area contributed by atoms with Crippen LogP contribution in [0.1, 0.15) is 44.2 Å². The maximum absolute atomic E-state index is 12.5. The fourth-order valence-corrected chi connectivity index (χ4v) is 3.77. The van der Waals surface area contributed by atoms with Crippen LogP contribution in [0, 0.1) is 6.92 Å². The summed E-state index contributed by atoms with van der Waals surface area (Å²) in [5.41, 5.74) is 6.82. The molecule has 112 valence electrons. The number of nitrogens with two attached hydrogens (primary N) is 1. The van der Waals surface area contributed by atoms with Crippen molar-refractivity contribution in [1.29, 1.82) is 0 Å². The van der Waals surface area contributed by atoms with Crippen LogP contribution in [0.2, 0.25) is 0 Å². The summed E-state index contributed by atoms with van der Waals surface area (Å²) >= 11 is 4.90. The molecule has 1 aromatic carbocycles. The maximum atomic E-state index is 12.5. The number of sulfonamides is 1. The predicted molar refractivity (Wildman–Crippen MR) is 86.4 cm³/mol. The molecule has 6 heteroatoms. The smallest absolute Gasteiger partial charge is 0.241 e. The first-order valence-corrected chi connectivity index (χ1v) is 8.63. The second kappa shape index (κ2) is 7.15. The lowest BCUT2D eigenvalue weighted by molar-refractivity contribution is 0.512. The standard InChI is InChI=1S/C14H22N2O2S2/c1-4-6-12(5-2)16-20(17,18)13-9-11(14(15)19)8-7-10(13)3/h7-9,12,16H,4-6H2,1-3H3,(H2,15,19). The summed E-state index contributed by atoms with van der Waals surface area (Å²) in [6.07, 6.45) is 2.53. The van der Waals surface area contributed by atoms with E-state index in [4.69, 9.17) is 18.0 Å². The zero-order valence-corrected chi connectivity index (χ0v) is 13.8. The number of thiocarbonyl (C=S) groups is 1. The van der Waals surface area contributed by atoms with Gasteiger partial charge in [-0.05, 0) is 31.4 Å². The lowest BCUT2D eigenvalue weighted by Crippen LogP contribution is -2.34. The molecule has 0 amide bonds. The highest BCUT2D eigenvalue weighted by Crippen LogP contribution is 2.18. The lowest BCUT2D eigenvalue weighted by Gasteiger charge is -2.17. The summed E-state index contributed by atoms with van der Waals surface area (Å²) in [6, 6.07) is 4.96. The quantitative estimate of drug-likeness (QED) is 0.759. The first-order valence-electron chi connectivity index (χ1n) is 6.74. The highest BCUT2D eigenvalue weighted by atomic mass is 32.2. The minimum Gasteiger partial charge on any atom is -0.389 e. The third-order valence-corrected chi connectivity index (χ3v) is 5.11. The molecule has 0 aromatic heterocycles. The summed E-state index contributed by atoms with van der Waals surface area (Å²) in [4.78, 5) is 0.444. The number of nitrogens with one attached hydrogen (secondary N) is 1. The molecule has 0 fully saturated rings. The van der Waals surface area contributed by atoms with Gasteiger partial charge in [-0.3, -0.25) is 0 Å². The van der Waals surface area contributed by atoms with E-state index in [1.807, 2.05) is 13.8 Å². The molecule has 0 bridgehead atoms. The molecule has 4 nitrogen and oxygen atoms in total. The zero-order chi connectivity index (χ0) is 15.3. The molecule has 0 saturated carbocycles. The van der Waals surface area contributed by atoms with Crippen LogP contribution in [0.25, 0.3) is 0 Å². The van der Waals surface area contributed by atoms with Crippen LogP contribution in [0.15, 0.2) is 23.1 Å². The minimum atomic E-state index is -3.55. The Kier molecular flexibility index (Phi) is 6.10. The molecule has 1 rings (SSSR count). The molecule has 0 aliphatic carbocycles. The van der Waals surface area contributed by atoms with Gasteiger partial charge in [-0.1, -0.05) is 44.6 Å².